The standard InChI is InChI=1S/C28H33N9O/c1-3-14-36-26(38)23-19-31-27(33-25(23)37(36)24-20-29-12-13-30-24)32-21-4-6-22(7-5-21)35-17-10-28(11-18-35)8-15-34(2)16-9-28/h3-7,12-13,19-20H,1,8-11,14-18H2,2H3,(H,31,32,33). The summed E-state index contributed by atoms with van der Waals surface area (Å²) in [6.45, 7) is 8.76. The molecule has 1 aromatic carbocycles. The van der Waals surface area contributed by atoms with Crippen molar-refractivity contribution >= 4 is 28.4 Å². The zero-order chi connectivity index (χ0) is 26.1. The van der Waals surface area contributed by atoms with Crippen LogP contribution in [0.5, 0.6) is 0 Å². The van der Waals surface area contributed by atoms with E-state index in [0.29, 0.717) is 34.8 Å². The van der Waals surface area contributed by atoms with E-state index in [2.05, 4.69) is 72.9 Å². The van der Waals surface area contributed by atoms with Gasteiger partial charge in [0.05, 0.1) is 12.7 Å². The van der Waals surface area contributed by atoms with E-state index in [-0.39, 0.29) is 5.56 Å². The van der Waals surface area contributed by atoms with Gasteiger partial charge < -0.3 is 15.1 Å². The lowest BCUT2D eigenvalue weighted by Crippen LogP contribution is -2.46. The second-order valence-electron chi connectivity index (χ2n) is 10.4. The van der Waals surface area contributed by atoms with Gasteiger partial charge in [0, 0.05) is 43.1 Å². The van der Waals surface area contributed by atoms with Gasteiger partial charge in [0.1, 0.15) is 5.39 Å². The summed E-state index contributed by atoms with van der Waals surface area (Å²) in [6.07, 6.45) is 13.2. The van der Waals surface area contributed by atoms with Crippen LogP contribution in [0, 0.1) is 5.41 Å². The Morgan fingerprint density at radius 3 is 2.42 bits per heavy atom. The highest BCUT2D eigenvalue weighted by atomic mass is 16.1. The van der Waals surface area contributed by atoms with Gasteiger partial charge in [-0.05, 0) is 75.5 Å². The molecule has 196 valence electrons. The molecule has 0 saturated carbocycles. The van der Waals surface area contributed by atoms with Crippen LogP contribution in [0.2, 0.25) is 0 Å². The van der Waals surface area contributed by atoms with E-state index in [1.165, 1.54) is 49.1 Å². The molecule has 6 rings (SSSR count). The maximum absolute atomic E-state index is 13.0. The summed E-state index contributed by atoms with van der Waals surface area (Å²) < 4.78 is 3.19. The summed E-state index contributed by atoms with van der Waals surface area (Å²) >= 11 is 0. The Labute approximate surface area is 221 Å². The fourth-order valence-electron chi connectivity index (χ4n) is 5.73. The molecule has 3 aromatic heterocycles. The largest absolute Gasteiger partial charge is 0.371 e. The van der Waals surface area contributed by atoms with Gasteiger partial charge in [0.25, 0.3) is 5.56 Å². The minimum Gasteiger partial charge on any atom is -0.371 e. The number of likely N-dealkylation sites (tertiary alicyclic amines) is 1. The molecule has 2 saturated heterocycles. The molecule has 0 amide bonds. The second kappa shape index (κ2) is 10.0. The Kier molecular flexibility index (Phi) is 6.40. The van der Waals surface area contributed by atoms with Gasteiger partial charge in [0.2, 0.25) is 5.95 Å². The van der Waals surface area contributed by atoms with Crippen LogP contribution in [0.15, 0.2) is 66.5 Å². The summed E-state index contributed by atoms with van der Waals surface area (Å²) in [6, 6.07) is 8.43. The number of aromatic nitrogens is 6. The normalized spacial score (nSPS) is 17.7. The lowest BCUT2D eigenvalue weighted by atomic mass is 9.71. The molecule has 4 aromatic rings. The fraction of sp³-hybridized carbons (Fsp3) is 0.393. The molecule has 2 fully saturated rings. The highest BCUT2D eigenvalue weighted by Crippen LogP contribution is 2.42. The molecule has 0 atom stereocenters. The summed E-state index contributed by atoms with van der Waals surface area (Å²) in [7, 11) is 2.23. The monoisotopic (exact) mass is 511 g/mol. The summed E-state index contributed by atoms with van der Waals surface area (Å²) in [5, 5.41) is 3.70. The highest BCUT2D eigenvalue weighted by molar-refractivity contribution is 5.77. The molecule has 38 heavy (non-hydrogen) atoms. The van der Waals surface area contributed by atoms with Crippen molar-refractivity contribution in [2.24, 2.45) is 5.41 Å². The maximum atomic E-state index is 13.0. The molecule has 0 unspecified atom stereocenters. The van der Waals surface area contributed by atoms with Crippen molar-refractivity contribution in [3.05, 3.63) is 72.1 Å². The van der Waals surface area contributed by atoms with Crippen LogP contribution >= 0.6 is 0 Å². The van der Waals surface area contributed by atoms with Crippen molar-refractivity contribution in [3.8, 4) is 5.82 Å². The average molecular weight is 512 g/mol. The number of nitrogens with zero attached hydrogens (tertiary/aromatic N) is 8. The molecule has 1 spiro atoms. The zero-order valence-electron chi connectivity index (χ0n) is 21.8. The number of hydrogen-bond acceptors (Lipinski definition) is 8. The summed E-state index contributed by atoms with van der Waals surface area (Å²) in [4.78, 5) is 35.6. The van der Waals surface area contributed by atoms with Crippen molar-refractivity contribution in [2.75, 3.05) is 43.4 Å². The molecule has 2 aliphatic heterocycles. The summed E-state index contributed by atoms with van der Waals surface area (Å²) in [5.74, 6) is 0.903. The van der Waals surface area contributed by atoms with Crippen LogP contribution in [-0.2, 0) is 6.54 Å². The number of rotatable bonds is 6. The Balaban J connectivity index is 1.20. The van der Waals surface area contributed by atoms with Crippen molar-refractivity contribution in [2.45, 2.75) is 32.2 Å². The van der Waals surface area contributed by atoms with Gasteiger partial charge in [-0.1, -0.05) is 6.08 Å². The van der Waals surface area contributed by atoms with Crippen LogP contribution in [0.25, 0.3) is 16.9 Å². The third kappa shape index (κ3) is 4.56. The fourth-order valence-corrected chi connectivity index (χ4v) is 5.73. The van der Waals surface area contributed by atoms with E-state index in [4.69, 9.17) is 0 Å². The maximum Gasteiger partial charge on any atom is 0.278 e. The molecule has 1 N–H and O–H groups in total. The van der Waals surface area contributed by atoms with E-state index in [0.717, 1.165) is 18.8 Å². The van der Waals surface area contributed by atoms with E-state index < -0.39 is 0 Å². The van der Waals surface area contributed by atoms with Crippen LogP contribution in [-0.4, -0.2) is 67.4 Å². The number of benzene rings is 1. The highest BCUT2D eigenvalue weighted by Gasteiger charge is 2.36. The smallest absolute Gasteiger partial charge is 0.278 e. The first-order valence-corrected chi connectivity index (χ1v) is 13.2. The minimum atomic E-state index is -0.204. The third-order valence-corrected chi connectivity index (χ3v) is 8.10. The third-order valence-electron chi connectivity index (χ3n) is 8.10. The Bertz CT molecular complexity index is 1470. The molecule has 2 aliphatic rings. The van der Waals surface area contributed by atoms with E-state index in [1.54, 1.807) is 35.5 Å². The van der Waals surface area contributed by atoms with Gasteiger partial charge in [-0.15, -0.1) is 6.58 Å². The van der Waals surface area contributed by atoms with Gasteiger partial charge in [-0.3, -0.25) is 9.78 Å². The number of piperidine rings is 2. The molecule has 0 aliphatic carbocycles. The number of allylic oxidation sites excluding steroid dienone is 1. The topological polar surface area (TPSA) is 97.0 Å². The average Bonchev–Trinajstić information content (AvgIpc) is 3.22. The van der Waals surface area contributed by atoms with Crippen LogP contribution in [0.3, 0.4) is 0 Å². The molecule has 5 heterocycles. The molecular weight excluding hydrogens is 478 g/mol. The molecule has 0 bridgehead atoms. The number of nitrogens with one attached hydrogen (secondary N) is 1. The quantitative estimate of drug-likeness (QED) is 0.392. The second-order valence-corrected chi connectivity index (χ2v) is 10.4. The van der Waals surface area contributed by atoms with Crippen LogP contribution in [0.4, 0.5) is 17.3 Å². The lowest BCUT2D eigenvalue weighted by molar-refractivity contribution is 0.0945. The van der Waals surface area contributed by atoms with Gasteiger partial charge in [-0.2, -0.15) is 4.98 Å². The van der Waals surface area contributed by atoms with E-state index in [1.807, 2.05) is 0 Å². The van der Waals surface area contributed by atoms with Crippen molar-refractivity contribution in [1.29, 1.82) is 0 Å². The molecule has 10 heteroatoms. The van der Waals surface area contributed by atoms with Crippen molar-refractivity contribution in [3.63, 3.8) is 0 Å². The predicted octanol–water partition coefficient (Wildman–Crippen LogP) is 3.61. The first-order valence-electron chi connectivity index (χ1n) is 13.2. The minimum absolute atomic E-state index is 0.204. The molecule has 10 nitrogen and oxygen atoms in total. The molecular formula is C28H33N9O. The SMILES string of the molecule is C=CCn1c(=O)c2cnc(Nc3ccc(N4CCC5(CCN(C)CC5)CC4)cc3)nc2n1-c1cnccn1. The Morgan fingerprint density at radius 1 is 1.00 bits per heavy atom. The van der Waals surface area contributed by atoms with E-state index in [9.17, 15) is 4.79 Å². The van der Waals surface area contributed by atoms with Crippen molar-refractivity contribution < 1.29 is 0 Å². The Hall–Kier alpha value is -4.05. The lowest BCUT2D eigenvalue weighted by Gasteiger charge is -2.46. The van der Waals surface area contributed by atoms with Crippen molar-refractivity contribution in [1.82, 2.24) is 34.2 Å². The number of anilines is 3. The molecule has 0 radical (unpaired) electrons. The first kappa shape index (κ1) is 24.3. The number of hydrogen-bond donors (Lipinski definition) is 1. The van der Waals surface area contributed by atoms with Crippen LogP contribution < -0.4 is 15.8 Å². The van der Waals surface area contributed by atoms with Gasteiger partial charge >= 0.3 is 0 Å². The number of fused-ring (bicyclic) bond motifs is 1. The van der Waals surface area contributed by atoms with Gasteiger partial charge in [-0.25, -0.2) is 19.3 Å². The zero-order valence-corrected chi connectivity index (χ0v) is 21.8. The Morgan fingerprint density at radius 2 is 1.74 bits per heavy atom. The summed E-state index contributed by atoms with van der Waals surface area (Å²) in [5.41, 5.74) is 2.92. The predicted molar refractivity (Wildman–Crippen MR) is 149 cm³/mol. The van der Waals surface area contributed by atoms with Crippen LogP contribution in [0.1, 0.15) is 25.7 Å². The first-order chi connectivity index (χ1) is 18.5. The van der Waals surface area contributed by atoms with Gasteiger partial charge in [0.15, 0.2) is 11.5 Å². The van der Waals surface area contributed by atoms with E-state index >= 15 is 0 Å².